The molecule has 232 valence electrons. The molecule has 0 heterocycles. The highest BCUT2D eigenvalue weighted by Gasteiger charge is 2.36. The second kappa shape index (κ2) is 14.6. The van der Waals surface area contributed by atoms with Gasteiger partial charge in [-0.3, -0.25) is 13.9 Å². The molecule has 0 radical (unpaired) electrons. The molecule has 0 aliphatic heterocycles. The van der Waals surface area contributed by atoms with E-state index in [9.17, 15) is 31.2 Å². The second-order valence-corrected chi connectivity index (χ2v) is 13.3. The summed E-state index contributed by atoms with van der Waals surface area (Å²) in [5.41, 5.74) is -0.229. The Bertz CT molecular complexity index is 1540. The average molecular weight is 703 g/mol. The summed E-state index contributed by atoms with van der Waals surface area (Å²) in [6.07, 6.45) is -3.33. The molecular formula is C30H32BrClF3N3O4S. The smallest absolute Gasteiger partial charge is 0.352 e. The summed E-state index contributed by atoms with van der Waals surface area (Å²) >= 11 is 9.16. The monoisotopic (exact) mass is 701 g/mol. The SMILES string of the molecule is CC[C@H](C)NC(=O)[C@H](Cc1ccccc1)N(Cc1cccc(Br)c1)C(=O)CN(c1ccc(Cl)c(C(F)(F)F)c1)S(C)(=O)=O. The Balaban J connectivity index is 2.11. The number of carbonyl (C=O) groups is 2. The van der Waals surface area contributed by atoms with Gasteiger partial charge >= 0.3 is 6.18 Å². The third-order valence-corrected chi connectivity index (χ3v) is 8.70. The van der Waals surface area contributed by atoms with Crippen molar-refractivity contribution >= 4 is 55.1 Å². The first-order chi connectivity index (χ1) is 20.1. The van der Waals surface area contributed by atoms with Crippen LogP contribution in [0.15, 0.2) is 77.3 Å². The zero-order chi connectivity index (χ0) is 31.9. The maximum absolute atomic E-state index is 14.1. The van der Waals surface area contributed by atoms with Gasteiger partial charge in [-0.25, -0.2) is 8.42 Å². The zero-order valence-corrected chi connectivity index (χ0v) is 26.9. The standard InChI is InChI=1S/C30H32BrClF3N3O4S/c1-4-20(2)36-29(40)27(16-21-9-6-5-7-10-21)37(18-22-11-8-12-23(31)15-22)28(39)19-38(43(3,41)42)24-13-14-26(32)25(17-24)30(33,34)35/h5-15,17,20,27H,4,16,18-19H2,1-3H3,(H,36,40)/t20-,27-/m0/s1. The van der Waals surface area contributed by atoms with Gasteiger partial charge in [0.15, 0.2) is 0 Å². The highest BCUT2D eigenvalue weighted by Crippen LogP contribution is 2.37. The van der Waals surface area contributed by atoms with Crippen molar-refractivity contribution in [1.29, 1.82) is 0 Å². The number of rotatable bonds is 12. The van der Waals surface area contributed by atoms with E-state index in [0.29, 0.717) is 22.4 Å². The van der Waals surface area contributed by atoms with Gasteiger partial charge in [0.2, 0.25) is 21.8 Å². The molecule has 0 aliphatic carbocycles. The molecule has 0 saturated carbocycles. The Morgan fingerprint density at radius 3 is 2.23 bits per heavy atom. The summed E-state index contributed by atoms with van der Waals surface area (Å²) < 4.78 is 67.9. The van der Waals surface area contributed by atoms with Crippen LogP contribution in [0.4, 0.5) is 18.9 Å². The van der Waals surface area contributed by atoms with Crippen LogP contribution in [0.25, 0.3) is 0 Å². The summed E-state index contributed by atoms with van der Waals surface area (Å²) in [6.45, 7) is 2.79. The van der Waals surface area contributed by atoms with Crippen LogP contribution in [-0.2, 0) is 38.8 Å². The third-order valence-electron chi connectivity index (χ3n) is 6.74. The largest absolute Gasteiger partial charge is 0.417 e. The number of alkyl halides is 3. The maximum atomic E-state index is 14.1. The van der Waals surface area contributed by atoms with E-state index in [-0.39, 0.29) is 19.0 Å². The molecule has 1 N–H and O–H groups in total. The van der Waals surface area contributed by atoms with Crippen LogP contribution in [0.3, 0.4) is 0 Å². The van der Waals surface area contributed by atoms with E-state index in [1.54, 1.807) is 48.5 Å². The van der Waals surface area contributed by atoms with Gasteiger partial charge in [-0.1, -0.05) is 76.9 Å². The molecule has 3 aromatic carbocycles. The lowest BCUT2D eigenvalue weighted by Gasteiger charge is -2.34. The van der Waals surface area contributed by atoms with Crippen molar-refractivity contribution in [2.45, 2.75) is 51.5 Å². The van der Waals surface area contributed by atoms with Gasteiger partial charge < -0.3 is 10.2 Å². The molecule has 13 heteroatoms. The Labute approximate surface area is 263 Å². The van der Waals surface area contributed by atoms with Gasteiger partial charge in [-0.05, 0) is 54.8 Å². The van der Waals surface area contributed by atoms with Crippen LogP contribution in [0.1, 0.15) is 37.0 Å². The topological polar surface area (TPSA) is 86.8 Å². The molecule has 0 aromatic heterocycles. The second-order valence-electron chi connectivity index (χ2n) is 10.1. The zero-order valence-electron chi connectivity index (χ0n) is 23.7. The Hall–Kier alpha value is -3.09. The van der Waals surface area contributed by atoms with Crippen LogP contribution < -0.4 is 9.62 Å². The van der Waals surface area contributed by atoms with Crippen LogP contribution in [0.5, 0.6) is 0 Å². The van der Waals surface area contributed by atoms with Gasteiger partial charge in [0.05, 0.1) is 22.5 Å². The lowest BCUT2D eigenvalue weighted by Crippen LogP contribution is -2.54. The van der Waals surface area contributed by atoms with Crippen molar-refractivity contribution in [3.8, 4) is 0 Å². The summed E-state index contributed by atoms with van der Waals surface area (Å²) in [7, 11) is -4.26. The van der Waals surface area contributed by atoms with Gasteiger partial charge in [-0.2, -0.15) is 13.2 Å². The summed E-state index contributed by atoms with van der Waals surface area (Å²) in [5.74, 6) is -1.23. The number of carbonyl (C=O) groups excluding carboxylic acids is 2. The van der Waals surface area contributed by atoms with Crippen molar-refractivity contribution in [2.24, 2.45) is 0 Å². The first kappa shape index (κ1) is 34.4. The van der Waals surface area contributed by atoms with E-state index in [1.807, 2.05) is 19.9 Å². The Morgan fingerprint density at radius 1 is 1.00 bits per heavy atom. The molecule has 0 spiro atoms. The number of anilines is 1. The maximum Gasteiger partial charge on any atom is 0.417 e. The number of sulfonamides is 1. The van der Waals surface area contributed by atoms with Gasteiger partial charge in [0.1, 0.15) is 12.6 Å². The number of hydrogen-bond acceptors (Lipinski definition) is 4. The summed E-state index contributed by atoms with van der Waals surface area (Å²) in [5, 5.41) is 2.30. The molecular weight excluding hydrogens is 671 g/mol. The van der Waals surface area contributed by atoms with Gasteiger partial charge in [-0.15, -0.1) is 0 Å². The van der Waals surface area contributed by atoms with Crippen LogP contribution in [0, 0.1) is 0 Å². The van der Waals surface area contributed by atoms with Crippen molar-refractivity contribution in [1.82, 2.24) is 10.2 Å². The molecule has 0 saturated heterocycles. The van der Waals surface area contributed by atoms with Gasteiger partial charge in [0.25, 0.3) is 0 Å². The molecule has 43 heavy (non-hydrogen) atoms. The quantitative estimate of drug-likeness (QED) is 0.236. The minimum Gasteiger partial charge on any atom is -0.352 e. The predicted molar refractivity (Wildman–Crippen MR) is 165 cm³/mol. The van der Waals surface area contributed by atoms with Crippen molar-refractivity contribution in [3.63, 3.8) is 0 Å². The van der Waals surface area contributed by atoms with E-state index < -0.39 is 56.9 Å². The normalized spacial score (nSPS) is 13.2. The molecule has 2 atom stereocenters. The first-order valence-corrected chi connectivity index (χ1v) is 16.3. The molecule has 0 fully saturated rings. The Morgan fingerprint density at radius 2 is 1.65 bits per heavy atom. The number of nitrogens with one attached hydrogen (secondary N) is 1. The Kier molecular flexibility index (Phi) is 11.7. The van der Waals surface area contributed by atoms with E-state index in [1.165, 1.54) is 4.90 Å². The lowest BCUT2D eigenvalue weighted by molar-refractivity contribution is -0.140. The fourth-order valence-corrected chi connectivity index (χ4v) is 5.84. The molecule has 2 amide bonds. The summed E-state index contributed by atoms with van der Waals surface area (Å²) in [6, 6.07) is 17.4. The van der Waals surface area contributed by atoms with E-state index in [2.05, 4.69) is 21.2 Å². The molecule has 0 bridgehead atoms. The fourth-order valence-electron chi connectivity index (χ4n) is 4.33. The molecule has 3 aromatic rings. The minimum absolute atomic E-state index is 0.0737. The van der Waals surface area contributed by atoms with Crippen LogP contribution in [-0.4, -0.2) is 50.0 Å². The van der Waals surface area contributed by atoms with Crippen molar-refractivity contribution in [2.75, 3.05) is 17.1 Å². The highest BCUT2D eigenvalue weighted by atomic mass is 79.9. The highest BCUT2D eigenvalue weighted by molar-refractivity contribution is 9.10. The number of nitrogens with zero attached hydrogens (tertiary/aromatic N) is 2. The summed E-state index contributed by atoms with van der Waals surface area (Å²) in [4.78, 5) is 29.0. The van der Waals surface area contributed by atoms with Crippen molar-refractivity contribution < 1.29 is 31.2 Å². The number of benzene rings is 3. The predicted octanol–water partition coefficient (Wildman–Crippen LogP) is 6.44. The fraction of sp³-hybridized carbons (Fsp3) is 0.333. The number of halogens is 5. The number of amides is 2. The lowest BCUT2D eigenvalue weighted by atomic mass is 10.0. The third kappa shape index (κ3) is 9.70. The minimum atomic E-state index is -4.86. The van der Waals surface area contributed by atoms with Crippen LogP contribution >= 0.6 is 27.5 Å². The molecule has 0 aliphatic rings. The van der Waals surface area contributed by atoms with E-state index in [4.69, 9.17) is 11.6 Å². The van der Waals surface area contributed by atoms with Crippen LogP contribution in [0.2, 0.25) is 5.02 Å². The van der Waals surface area contributed by atoms with Gasteiger partial charge in [0, 0.05) is 23.5 Å². The molecule has 7 nitrogen and oxygen atoms in total. The molecule has 3 rings (SSSR count). The molecule has 0 unspecified atom stereocenters. The van der Waals surface area contributed by atoms with E-state index in [0.717, 1.165) is 28.4 Å². The average Bonchev–Trinajstić information content (AvgIpc) is 2.93. The first-order valence-electron chi connectivity index (χ1n) is 13.3. The van der Waals surface area contributed by atoms with Crippen molar-refractivity contribution in [3.05, 3.63) is 99.0 Å². The number of hydrogen-bond donors (Lipinski definition) is 1. The van der Waals surface area contributed by atoms with E-state index >= 15 is 0 Å².